The zero-order valence-corrected chi connectivity index (χ0v) is 11.7. The Morgan fingerprint density at radius 3 is 2.74 bits per heavy atom. The van der Waals surface area contributed by atoms with Crippen LogP contribution < -0.4 is 4.90 Å². The van der Waals surface area contributed by atoms with Crippen molar-refractivity contribution in [2.75, 3.05) is 25.2 Å². The Bertz CT molecular complexity index is 472. The Hall–Kier alpha value is -1.39. The summed E-state index contributed by atoms with van der Waals surface area (Å²) in [5.41, 5.74) is 2.82. The second-order valence-electron chi connectivity index (χ2n) is 4.83. The number of ether oxygens (including phenoxy) is 1. The van der Waals surface area contributed by atoms with Gasteiger partial charge < -0.3 is 14.7 Å². The van der Waals surface area contributed by atoms with Crippen LogP contribution >= 0.6 is 0 Å². The number of methoxy groups -OCH3 is 1. The number of aliphatic hydroxyl groups excluding tert-OH is 1. The minimum Gasteiger partial charge on any atom is -0.386 e. The lowest BCUT2D eigenvalue weighted by atomic mass is 9.95. The fraction of sp³-hybridized carbons (Fsp3) is 0.533. The second kappa shape index (κ2) is 5.72. The number of nitrogens with zero attached hydrogens (tertiary/aromatic N) is 1. The number of hydrogen-bond acceptors (Lipinski definition) is 3. The van der Waals surface area contributed by atoms with E-state index in [4.69, 9.17) is 4.74 Å². The molecule has 4 heteroatoms. The van der Waals surface area contributed by atoms with Gasteiger partial charge in [-0.2, -0.15) is 0 Å². The van der Waals surface area contributed by atoms with Crippen molar-refractivity contribution in [2.24, 2.45) is 0 Å². The molecule has 104 valence electrons. The largest absolute Gasteiger partial charge is 0.386 e. The van der Waals surface area contributed by atoms with E-state index in [1.807, 2.05) is 36.9 Å². The monoisotopic (exact) mass is 263 g/mol. The van der Waals surface area contributed by atoms with Crippen LogP contribution in [-0.4, -0.2) is 31.3 Å². The van der Waals surface area contributed by atoms with Gasteiger partial charge in [-0.05, 0) is 30.5 Å². The number of carbonyl (C=O) groups is 1. The van der Waals surface area contributed by atoms with Crippen LogP contribution in [0.5, 0.6) is 0 Å². The number of anilines is 1. The molecule has 0 fully saturated rings. The summed E-state index contributed by atoms with van der Waals surface area (Å²) in [6.45, 7) is 4.94. The summed E-state index contributed by atoms with van der Waals surface area (Å²) in [4.78, 5) is 14.1. The molecule has 0 saturated heterocycles. The molecule has 2 unspecified atom stereocenters. The molecule has 1 aliphatic heterocycles. The summed E-state index contributed by atoms with van der Waals surface area (Å²) in [7, 11) is 1.56. The smallest absolute Gasteiger partial charge is 0.234 e. The molecular weight excluding hydrogens is 242 g/mol. The molecule has 0 spiro atoms. The number of benzene rings is 1. The van der Waals surface area contributed by atoms with E-state index >= 15 is 0 Å². The molecule has 1 N–H and O–H groups in total. The van der Waals surface area contributed by atoms with E-state index in [9.17, 15) is 9.90 Å². The van der Waals surface area contributed by atoms with Crippen LogP contribution in [0, 0.1) is 0 Å². The minimum absolute atomic E-state index is 0.0790. The van der Waals surface area contributed by atoms with Crippen molar-refractivity contribution in [3.05, 3.63) is 29.3 Å². The standard InChI is InChI=1S/C15H21NO3/c1-4-11-12-8-10(14(17)9-19-3)6-7-13(12)16(5-2)15(11)18/h6-8,11,14,17H,4-5,9H2,1-3H3. The summed E-state index contributed by atoms with van der Waals surface area (Å²) >= 11 is 0. The predicted octanol–water partition coefficient (Wildman–Crippen LogP) is 2.23. The van der Waals surface area contributed by atoms with Crippen molar-refractivity contribution < 1.29 is 14.6 Å². The van der Waals surface area contributed by atoms with Crippen molar-refractivity contribution in [2.45, 2.75) is 32.3 Å². The van der Waals surface area contributed by atoms with Crippen LogP contribution in [0.1, 0.15) is 43.4 Å². The first-order valence-corrected chi connectivity index (χ1v) is 6.76. The van der Waals surface area contributed by atoms with Crippen LogP contribution in [0.4, 0.5) is 5.69 Å². The van der Waals surface area contributed by atoms with Gasteiger partial charge in [-0.1, -0.05) is 19.1 Å². The lowest BCUT2D eigenvalue weighted by Gasteiger charge is -2.16. The topological polar surface area (TPSA) is 49.8 Å². The van der Waals surface area contributed by atoms with E-state index < -0.39 is 6.10 Å². The molecule has 0 radical (unpaired) electrons. The summed E-state index contributed by atoms with van der Waals surface area (Å²) in [6.07, 6.45) is 0.144. The van der Waals surface area contributed by atoms with Gasteiger partial charge in [0, 0.05) is 19.3 Å². The third-order valence-electron chi connectivity index (χ3n) is 3.72. The van der Waals surface area contributed by atoms with Crippen molar-refractivity contribution >= 4 is 11.6 Å². The molecule has 2 atom stereocenters. The lowest BCUT2D eigenvalue weighted by molar-refractivity contribution is -0.119. The average molecular weight is 263 g/mol. The van der Waals surface area contributed by atoms with E-state index in [2.05, 4.69) is 0 Å². The normalized spacial score (nSPS) is 19.7. The van der Waals surface area contributed by atoms with Gasteiger partial charge in [-0.25, -0.2) is 0 Å². The van der Waals surface area contributed by atoms with Gasteiger partial charge in [0.2, 0.25) is 5.91 Å². The molecule has 0 bridgehead atoms. The number of fused-ring (bicyclic) bond motifs is 1. The van der Waals surface area contributed by atoms with E-state index in [0.29, 0.717) is 6.54 Å². The second-order valence-corrected chi connectivity index (χ2v) is 4.83. The van der Waals surface area contributed by atoms with Gasteiger partial charge in [0.1, 0.15) is 6.10 Å². The first-order valence-electron chi connectivity index (χ1n) is 6.76. The van der Waals surface area contributed by atoms with Crippen molar-refractivity contribution in [1.82, 2.24) is 0 Å². The van der Waals surface area contributed by atoms with Gasteiger partial charge >= 0.3 is 0 Å². The molecule has 0 aliphatic carbocycles. The number of likely N-dealkylation sites (N-methyl/N-ethyl adjacent to an activating group) is 1. The van der Waals surface area contributed by atoms with E-state index in [1.54, 1.807) is 7.11 Å². The minimum atomic E-state index is -0.640. The maximum Gasteiger partial charge on any atom is 0.234 e. The van der Waals surface area contributed by atoms with E-state index in [0.717, 1.165) is 23.2 Å². The molecule has 1 aromatic rings. The fourth-order valence-electron chi connectivity index (χ4n) is 2.72. The molecular formula is C15H21NO3. The molecule has 1 amide bonds. The number of carbonyl (C=O) groups excluding carboxylic acids is 1. The quantitative estimate of drug-likeness (QED) is 0.886. The van der Waals surface area contributed by atoms with E-state index in [1.165, 1.54) is 0 Å². The predicted molar refractivity (Wildman–Crippen MR) is 74.3 cm³/mol. The maximum absolute atomic E-state index is 12.3. The summed E-state index contributed by atoms with van der Waals surface area (Å²) in [5, 5.41) is 9.98. The average Bonchev–Trinajstić information content (AvgIpc) is 2.68. The number of rotatable bonds is 5. The Morgan fingerprint density at radius 2 is 2.16 bits per heavy atom. The highest BCUT2D eigenvalue weighted by Crippen LogP contribution is 2.40. The van der Waals surface area contributed by atoms with Crippen LogP contribution in [0.15, 0.2) is 18.2 Å². The molecule has 2 rings (SSSR count). The SMILES string of the molecule is CCC1C(=O)N(CC)c2ccc(C(O)COC)cc21. The third-order valence-corrected chi connectivity index (χ3v) is 3.72. The summed E-state index contributed by atoms with van der Waals surface area (Å²) in [6, 6.07) is 5.75. The van der Waals surface area contributed by atoms with Crippen LogP contribution in [0.25, 0.3) is 0 Å². The van der Waals surface area contributed by atoms with E-state index in [-0.39, 0.29) is 18.4 Å². The highest BCUT2D eigenvalue weighted by Gasteiger charge is 2.35. The zero-order valence-electron chi connectivity index (χ0n) is 11.7. The van der Waals surface area contributed by atoms with Gasteiger partial charge in [0.25, 0.3) is 0 Å². The first-order chi connectivity index (χ1) is 9.13. The van der Waals surface area contributed by atoms with Gasteiger partial charge in [0.15, 0.2) is 0 Å². The highest BCUT2D eigenvalue weighted by molar-refractivity contribution is 6.04. The van der Waals surface area contributed by atoms with Crippen LogP contribution in [-0.2, 0) is 9.53 Å². The number of hydrogen-bond donors (Lipinski definition) is 1. The van der Waals surface area contributed by atoms with Crippen LogP contribution in [0.3, 0.4) is 0 Å². The Labute approximate surface area is 114 Å². The molecule has 0 saturated carbocycles. The number of aliphatic hydroxyl groups is 1. The van der Waals surface area contributed by atoms with Crippen molar-refractivity contribution in [3.8, 4) is 0 Å². The number of amides is 1. The van der Waals surface area contributed by atoms with Crippen molar-refractivity contribution in [3.63, 3.8) is 0 Å². The molecule has 1 heterocycles. The van der Waals surface area contributed by atoms with Gasteiger partial charge in [-0.3, -0.25) is 4.79 Å². The Morgan fingerprint density at radius 1 is 1.42 bits per heavy atom. The Balaban J connectivity index is 2.39. The molecule has 4 nitrogen and oxygen atoms in total. The highest BCUT2D eigenvalue weighted by atomic mass is 16.5. The summed E-state index contributed by atoms with van der Waals surface area (Å²) < 4.78 is 4.97. The molecule has 1 aromatic carbocycles. The molecule has 0 aromatic heterocycles. The lowest BCUT2D eigenvalue weighted by Crippen LogP contribution is -2.28. The molecule has 19 heavy (non-hydrogen) atoms. The Kier molecular flexibility index (Phi) is 4.22. The molecule has 1 aliphatic rings. The van der Waals surface area contributed by atoms with Crippen molar-refractivity contribution in [1.29, 1.82) is 0 Å². The van der Waals surface area contributed by atoms with Gasteiger partial charge in [0.05, 0.1) is 12.5 Å². The maximum atomic E-state index is 12.3. The fourth-order valence-corrected chi connectivity index (χ4v) is 2.72. The zero-order chi connectivity index (χ0) is 14.0. The van der Waals surface area contributed by atoms with Gasteiger partial charge in [-0.15, -0.1) is 0 Å². The third kappa shape index (κ3) is 2.38. The first kappa shape index (κ1) is 14.0. The summed E-state index contributed by atoms with van der Waals surface area (Å²) in [5.74, 6) is 0.0861. The van der Waals surface area contributed by atoms with Crippen LogP contribution in [0.2, 0.25) is 0 Å².